The van der Waals surface area contributed by atoms with Gasteiger partial charge in [0.15, 0.2) is 0 Å². The summed E-state index contributed by atoms with van der Waals surface area (Å²) in [5, 5.41) is 0. The fraction of sp³-hybridized carbons (Fsp3) is 0.429. The lowest BCUT2D eigenvalue weighted by Crippen LogP contribution is -2.09. The summed E-state index contributed by atoms with van der Waals surface area (Å²) in [4.78, 5) is 17.1. The van der Waals surface area contributed by atoms with Crippen LogP contribution in [0.25, 0.3) is 0 Å². The van der Waals surface area contributed by atoms with Crippen molar-refractivity contribution < 1.29 is 4.79 Å². The van der Waals surface area contributed by atoms with E-state index in [1.165, 1.54) is 11.9 Å². The zero-order valence-corrected chi connectivity index (χ0v) is 11.6. The number of aryl methyl sites for hydroxylation is 2. The number of hydrogen-bond acceptors (Lipinski definition) is 1. The summed E-state index contributed by atoms with van der Waals surface area (Å²) in [6, 6.07) is 5.61. The highest BCUT2D eigenvalue weighted by atomic mass is 16.1. The van der Waals surface area contributed by atoms with Crippen LogP contribution >= 0.6 is 0 Å². The summed E-state index contributed by atoms with van der Waals surface area (Å²) < 4.78 is 0. The zero-order valence-electron chi connectivity index (χ0n) is 11.6. The van der Waals surface area contributed by atoms with E-state index in [0.29, 0.717) is 5.56 Å². The maximum atomic E-state index is 11.6. The van der Waals surface area contributed by atoms with Crippen molar-refractivity contribution in [2.24, 2.45) is 4.99 Å². The molecule has 0 aliphatic heterocycles. The fourth-order valence-electron chi connectivity index (χ4n) is 1.12. The number of benzene rings is 1. The van der Waals surface area contributed by atoms with Crippen molar-refractivity contribution in [1.82, 2.24) is 4.90 Å². The van der Waals surface area contributed by atoms with E-state index in [-0.39, 0.29) is 5.91 Å². The first-order valence-electron chi connectivity index (χ1n) is 5.83. The number of amides is 1. The first kappa shape index (κ1) is 15.4. The topological polar surface area (TPSA) is 32.7 Å². The lowest BCUT2D eigenvalue weighted by molar-refractivity contribution is 0.100. The molecule has 0 atom stereocenters. The van der Waals surface area contributed by atoms with Crippen molar-refractivity contribution in [2.45, 2.75) is 27.7 Å². The van der Waals surface area contributed by atoms with Gasteiger partial charge in [-0.05, 0) is 37.1 Å². The lowest BCUT2D eigenvalue weighted by Gasteiger charge is -2.03. The Morgan fingerprint density at radius 3 is 2.24 bits per heavy atom. The lowest BCUT2D eigenvalue weighted by atomic mass is 10.1. The van der Waals surface area contributed by atoms with Gasteiger partial charge in [-0.15, -0.1) is 0 Å². The van der Waals surface area contributed by atoms with Crippen LogP contribution in [0.1, 0.15) is 35.3 Å². The van der Waals surface area contributed by atoms with Crippen LogP contribution in [0.2, 0.25) is 0 Å². The first-order valence-corrected chi connectivity index (χ1v) is 5.83. The standard InChI is InChI=1S/C12H16N2O.C2H6/c1-9-5-6-11(7-10(9)2)12(15)13-8-14(3)4;1-2/h5-8H,1-4H3;1-2H3. The van der Waals surface area contributed by atoms with Crippen LogP contribution in [0.3, 0.4) is 0 Å². The van der Waals surface area contributed by atoms with Crippen LogP contribution in [0.5, 0.6) is 0 Å². The van der Waals surface area contributed by atoms with Crippen molar-refractivity contribution >= 4 is 12.2 Å². The van der Waals surface area contributed by atoms with Gasteiger partial charge in [0.05, 0.1) is 6.34 Å². The van der Waals surface area contributed by atoms with E-state index in [1.54, 1.807) is 11.0 Å². The molecule has 0 aromatic heterocycles. The van der Waals surface area contributed by atoms with Crippen LogP contribution in [0, 0.1) is 13.8 Å². The van der Waals surface area contributed by atoms with E-state index in [0.717, 1.165) is 5.56 Å². The summed E-state index contributed by atoms with van der Waals surface area (Å²) in [6.07, 6.45) is 1.51. The molecule has 94 valence electrons. The highest BCUT2D eigenvalue weighted by Crippen LogP contribution is 2.10. The molecule has 1 aromatic carbocycles. The number of carbonyl (C=O) groups is 1. The van der Waals surface area contributed by atoms with Crippen LogP contribution in [0.4, 0.5) is 0 Å². The zero-order chi connectivity index (χ0) is 13.4. The minimum atomic E-state index is -0.202. The second-order valence-electron chi connectivity index (χ2n) is 3.81. The minimum Gasteiger partial charge on any atom is -0.369 e. The quantitative estimate of drug-likeness (QED) is 0.582. The summed E-state index contributed by atoms with van der Waals surface area (Å²) in [7, 11) is 3.66. The third-order valence-electron chi connectivity index (χ3n) is 2.16. The van der Waals surface area contributed by atoms with Crippen LogP contribution in [-0.2, 0) is 0 Å². The van der Waals surface area contributed by atoms with E-state index in [4.69, 9.17) is 0 Å². The van der Waals surface area contributed by atoms with Gasteiger partial charge < -0.3 is 4.90 Å². The van der Waals surface area contributed by atoms with Gasteiger partial charge in [-0.1, -0.05) is 19.9 Å². The van der Waals surface area contributed by atoms with Gasteiger partial charge in [-0.2, -0.15) is 4.99 Å². The molecule has 1 aromatic rings. The molecule has 17 heavy (non-hydrogen) atoms. The molecule has 0 N–H and O–H groups in total. The SMILES string of the molecule is CC.Cc1ccc(C(=O)N=CN(C)C)cc1C. The Labute approximate surface area is 104 Å². The van der Waals surface area contributed by atoms with Gasteiger partial charge in [-0.25, -0.2) is 0 Å². The highest BCUT2D eigenvalue weighted by molar-refractivity contribution is 5.98. The Bertz CT molecular complexity index is 395. The number of nitrogens with zero attached hydrogens (tertiary/aromatic N) is 2. The molecule has 0 unspecified atom stereocenters. The largest absolute Gasteiger partial charge is 0.369 e. The Kier molecular flexibility index (Phi) is 6.87. The normalized spacial score (nSPS) is 9.76. The Morgan fingerprint density at radius 1 is 1.18 bits per heavy atom. The Morgan fingerprint density at radius 2 is 1.76 bits per heavy atom. The monoisotopic (exact) mass is 234 g/mol. The number of aliphatic imine (C=N–C) groups is 1. The molecular weight excluding hydrogens is 212 g/mol. The first-order chi connectivity index (χ1) is 8.00. The van der Waals surface area contributed by atoms with Gasteiger partial charge in [0.1, 0.15) is 0 Å². The van der Waals surface area contributed by atoms with Gasteiger partial charge in [-0.3, -0.25) is 4.79 Å². The second kappa shape index (κ2) is 7.60. The van der Waals surface area contributed by atoms with Gasteiger partial charge in [0.25, 0.3) is 5.91 Å². The van der Waals surface area contributed by atoms with E-state index in [2.05, 4.69) is 4.99 Å². The van der Waals surface area contributed by atoms with E-state index < -0.39 is 0 Å². The molecule has 0 aliphatic rings. The molecule has 0 radical (unpaired) electrons. The van der Waals surface area contributed by atoms with Gasteiger partial charge in [0.2, 0.25) is 0 Å². The molecule has 0 saturated carbocycles. The third kappa shape index (κ3) is 5.29. The van der Waals surface area contributed by atoms with Crippen LogP contribution in [0.15, 0.2) is 23.2 Å². The Hall–Kier alpha value is -1.64. The average molecular weight is 234 g/mol. The molecule has 0 heterocycles. The van der Waals surface area contributed by atoms with Crippen LogP contribution < -0.4 is 0 Å². The molecule has 3 nitrogen and oxygen atoms in total. The van der Waals surface area contributed by atoms with E-state index >= 15 is 0 Å². The third-order valence-corrected chi connectivity index (χ3v) is 2.16. The molecule has 3 heteroatoms. The molecular formula is C14H22N2O. The molecule has 0 bridgehead atoms. The predicted octanol–water partition coefficient (Wildman–Crippen LogP) is 3.06. The molecule has 1 amide bonds. The van der Waals surface area contributed by atoms with Crippen molar-refractivity contribution in [3.63, 3.8) is 0 Å². The van der Waals surface area contributed by atoms with Crippen molar-refractivity contribution in [2.75, 3.05) is 14.1 Å². The molecule has 0 aliphatic carbocycles. The maximum absolute atomic E-state index is 11.6. The molecule has 0 spiro atoms. The van der Waals surface area contributed by atoms with Crippen molar-refractivity contribution in [3.8, 4) is 0 Å². The average Bonchev–Trinajstić information content (AvgIpc) is 2.32. The molecule has 0 fully saturated rings. The van der Waals surface area contributed by atoms with Gasteiger partial charge >= 0.3 is 0 Å². The summed E-state index contributed by atoms with van der Waals surface area (Å²) in [5.74, 6) is -0.202. The van der Waals surface area contributed by atoms with Crippen molar-refractivity contribution in [3.05, 3.63) is 34.9 Å². The second-order valence-corrected chi connectivity index (χ2v) is 3.81. The van der Waals surface area contributed by atoms with E-state index in [1.807, 2.05) is 53.9 Å². The molecule has 1 rings (SSSR count). The number of carbonyl (C=O) groups excluding carboxylic acids is 1. The molecule has 0 saturated heterocycles. The van der Waals surface area contributed by atoms with Crippen molar-refractivity contribution in [1.29, 1.82) is 0 Å². The number of hydrogen-bond donors (Lipinski definition) is 0. The number of rotatable bonds is 2. The Balaban J connectivity index is 0.00000121. The minimum absolute atomic E-state index is 0.202. The smallest absolute Gasteiger partial charge is 0.278 e. The van der Waals surface area contributed by atoms with E-state index in [9.17, 15) is 4.79 Å². The van der Waals surface area contributed by atoms with Gasteiger partial charge in [0, 0.05) is 19.7 Å². The summed E-state index contributed by atoms with van der Waals surface area (Å²) in [5.41, 5.74) is 2.93. The summed E-state index contributed by atoms with van der Waals surface area (Å²) in [6.45, 7) is 8.01. The van der Waals surface area contributed by atoms with Crippen LogP contribution in [-0.4, -0.2) is 31.2 Å². The maximum Gasteiger partial charge on any atom is 0.278 e. The predicted molar refractivity (Wildman–Crippen MR) is 73.8 cm³/mol. The fourth-order valence-corrected chi connectivity index (χ4v) is 1.12. The highest BCUT2D eigenvalue weighted by Gasteiger charge is 2.04. The summed E-state index contributed by atoms with van der Waals surface area (Å²) >= 11 is 0.